The molecule has 1 heterocycles. The Hall–Kier alpha value is -1.61. The molecule has 3 heteroatoms. The summed E-state index contributed by atoms with van der Waals surface area (Å²) in [6.07, 6.45) is 4.41. The molecule has 104 valence electrons. The highest BCUT2D eigenvalue weighted by Crippen LogP contribution is 2.33. The summed E-state index contributed by atoms with van der Waals surface area (Å²) in [6, 6.07) is 9.62. The lowest BCUT2D eigenvalue weighted by molar-refractivity contribution is 0.103. The van der Waals surface area contributed by atoms with Gasteiger partial charge in [-0.2, -0.15) is 0 Å². The van der Waals surface area contributed by atoms with Crippen molar-refractivity contribution in [3.05, 3.63) is 51.2 Å². The van der Waals surface area contributed by atoms with E-state index >= 15 is 0 Å². The number of benzene rings is 1. The molecule has 1 aliphatic carbocycles. The van der Waals surface area contributed by atoms with E-state index in [1.54, 1.807) is 11.3 Å². The average Bonchev–Trinajstić information content (AvgIpc) is 3.06. The van der Waals surface area contributed by atoms with Gasteiger partial charge < -0.3 is 4.74 Å². The maximum atomic E-state index is 12.7. The second-order valence-electron chi connectivity index (χ2n) is 5.09. The van der Waals surface area contributed by atoms with Gasteiger partial charge in [-0.1, -0.05) is 19.1 Å². The van der Waals surface area contributed by atoms with Crippen LogP contribution in [0.3, 0.4) is 0 Å². The summed E-state index contributed by atoms with van der Waals surface area (Å²) in [6.45, 7) is 2.71. The van der Waals surface area contributed by atoms with Crippen LogP contribution in [0.15, 0.2) is 30.3 Å². The summed E-state index contributed by atoms with van der Waals surface area (Å²) < 4.78 is 5.69. The molecule has 0 N–H and O–H groups in total. The van der Waals surface area contributed by atoms with E-state index in [0.29, 0.717) is 17.9 Å². The Morgan fingerprint density at radius 1 is 1.30 bits per heavy atom. The maximum absolute atomic E-state index is 12.7. The molecule has 0 bridgehead atoms. The molecule has 0 spiro atoms. The summed E-state index contributed by atoms with van der Waals surface area (Å²) >= 11 is 1.65. The number of carbonyl (C=O) groups is 1. The quantitative estimate of drug-likeness (QED) is 0.768. The van der Waals surface area contributed by atoms with Gasteiger partial charge in [-0.3, -0.25) is 4.79 Å². The van der Waals surface area contributed by atoms with E-state index in [1.165, 1.54) is 16.9 Å². The molecule has 0 saturated heterocycles. The lowest BCUT2D eigenvalue weighted by Crippen LogP contribution is -2.04. The molecule has 0 radical (unpaired) electrons. The first-order chi connectivity index (χ1) is 9.79. The Morgan fingerprint density at radius 2 is 2.15 bits per heavy atom. The van der Waals surface area contributed by atoms with Crippen molar-refractivity contribution in [2.75, 3.05) is 6.61 Å². The fourth-order valence-corrected chi connectivity index (χ4v) is 3.77. The normalized spacial score (nSPS) is 13.2. The Balaban J connectivity index is 1.89. The SMILES string of the molecule is CCCOc1ccccc1C(=O)c1cc2c(s1)CCC2. The van der Waals surface area contributed by atoms with Crippen molar-refractivity contribution >= 4 is 17.1 Å². The van der Waals surface area contributed by atoms with E-state index in [1.807, 2.05) is 24.3 Å². The van der Waals surface area contributed by atoms with Gasteiger partial charge in [-0.05, 0) is 49.4 Å². The highest BCUT2D eigenvalue weighted by Gasteiger charge is 2.21. The summed E-state index contributed by atoms with van der Waals surface area (Å²) in [7, 11) is 0. The zero-order chi connectivity index (χ0) is 13.9. The number of rotatable bonds is 5. The largest absolute Gasteiger partial charge is 0.493 e. The van der Waals surface area contributed by atoms with Crippen LogP contribution in [0.1, 0.15) is 45.4 Å². The molecule has 0 unspecified atom stereocenters. The van der Waals surface area contributed by atoms with Crippen molar-refractivity contribution in [3.8, 4) is 5.75 Å². The van der Waals surface area contributed by atoms with Crippen molar-refractivity contribution < 1.29 is 9.53 Å². The van der Waals surface area contributed by atoms with Gasteiger partial charge in [0.15, 0.2) is 0 Å². The highest BCUT2D eigenvalue weighted by atomic mass is 32.1. The molecule has 0 fully saturated rings. The molecule has 20 heavy (non-hydrogen) atoms. The predicted octanol–water partition coefficient (Wildman–Crippen LogP) is 4.26. The number of hydrogen-bond donors (Lipinski definition) is 0. The monoisotopic (exact) mass is 286 g/mol. The van der Waals surface area contributed by atoms with E-state index in [9.17, 15) is 4.79 Å². The number of ether oxygens (including phenoxy) is 1. The van der Waals surface area contributed by atoms with Crippen molar-refractivity contribution in [1.82, 2.24) is 0 Å². The van der Waals surface area contributed by atoms with Crippen LogP contribution >= 0.6 is 11.3 Å². The Bertz CT molecular complexity index is 606. The van der Waals surface area contributed by atoms with E-state index in [-0.39, 0.29) is 5.78 Å². The van der Waals surface area contributed by atoms with Crippen molar-refractivity contribution in [2.45, 2.75) is 32.6 Å². The molecule has 3 rings (SSSR count). The minimum Gasteiger partial charge on any atom is -0.493 e. The van der Waals surface area contributed by atoms with Gasteiger partial charge in [0.25, 0.3) is 0 Å². The fraction of sp³-hybridized carbons (Fsp3) is 0.353. The second-order valence-corrected chi connectivity index (χ2v) is 6.22. The Kier molecular flexibility index (Phi) is 3.88. The molecule has 0 amide bonds. The molecule has 1 aromatic carbocycles. The summed E-state index contributed by atoms with van der Waals surface area (Å²) in [4.78, 5) is 14.9. The number of aryl methyl sites for hydroxylation is 2. The third-order valence-electron chi connectivity index (χ3n) is 3.56. The van der Waals surface area contributed by atoms with Gasteiger partial charge in [0, 0.05) is 4.88 Å². The number of para-hydroxylation sites is 1. The molecular weight excluding hydrogens is 268 g/mol. The van der Waals surface area contributed by atoms with Crippen LogP contribution in [-0.4, -0.2) is 12.4 Å². The van der Waals surface area contributed by atoms with Gasteiger partial charge in [-0.15, -0.1) is 11.3 Å². The first-order valence-corrected chi connectivity index (χ1v) is 7.99. The van der Waals surface area contributed by atoms with Crippen LogP contribution in [0, 0.1) is 0 Å². The second kappa shape index (κ2) is 5.80. The topological polar surface area (TPSA) is 26.3 Å². The smallest absolute Gasteiger partial charge is 0.206 e. The van der Waals surface area contributed by atoms with Crippen LogP contribution in [0.5, 0.6) is 5.75 Å². The first kappa shape index (κ1) is 13.4. The number of ketones is 1. The van der Waals surface area contributed by atoms with Gasteiger partial charge in [0.1, 0.15) is 5.75 Å². The number of carbonyl (C=O) groups excluding carboxylic acids is 1. The van der Waals surface area contributed by atoms with Gasteiger partial charge >= 0.3 is 0 Å². The number of fused-ring (bicyclic) bond motifs is 1. The number of thiophene rings is 1. The third kappa shape index (κ3) is 2.50. The average molecular weight is 286 g/mol. The lowest BCUT2D eigenvalue weighted by atomic mass is 10.1. The van der Waals surface area contributed by atoms with Gasteiger partial charge in [0.05, 0.1) is 17.0 Å². The van der Waals surface area contributed by atoms with Crippen LogP contribution in [-0.2, 0) is 12.8 Å². The van der Waals surface area contributed by atoms with E-state index < -0.39 is 0 Å². The molecule has 0 aliphatic heterocycles. The third-order valence-corrected chi connectivity index (χ3v) is 4.80. The van der Waals surface area contributed by atoms with E-state index in [0.717, 1.165) is 24.1 Å². The minimum atomic E-state index is 0.0936. The zero-order valence-electron chi connectivity index (χ0n) is 11.6. The minimum absolute atomic E-state index is 0.0936. The number of hydrogen-bond acceptors (Lipinski definition) is 3. The standard InChI is InChI=1S/C17H18O2S/c1-2-10-19-14-8-4-3-7-13(14)17(18)16-11-12-6-5-9-15(12)20-16/h3-4,7-8,11H,2,5-6,9-10H2,1H3. The van der Waals surface area contributed by atoms with Crippen LogP contribution in [0.4, 0.5) is 0 Å². The van der Waals surface area contributed by atoms with Gasteiger partial charge in [0.2, 0.25) is 5.78 Å². The van der Waals surface area contributed by atoms with Crippen molar-refractivity contribution in [2.24, 2.45) is 0 Å². The van der Waals surface area contributed by atoms with Crippen LogP contribution in [0.25, 0.3) is 0 Å². The van der Waals surface area contributed by atoms with Gasteiger partial charge in [-0.25, -0.2) is 0 Å². The molecule has 1 aliphatic rings. The van der Waals surface area contributed by atoms with Crippen molar-refractivity contribution in [1.29, 1.82) is 0 Å². The molecular formula is C17H18O2S. The van der Waals surface area contributed by atoms with E-state index in [2.05, 4.69) is 13.0 Å². The Morgan fingerprint density at radius 3 is 2.95 bits per heavy atom. The summed E-state index contributed by atoms with van der Waals surface area (Å²) in [5.74, 6) is 0.795. The van der Waals surface area contributed by atoms with E-state index in [4.69, 9.17) is 4.74 Å². The summed E-state index contributed by atoms with van der Waals surface area (Å²) in [5.41, 5.74) is 2.05. The Labute approximate surface area is 123 Å². The molecule has 2 aromatic rings. The predicted molar refractivity (Wildman–Crippen MR) is 82.0 cm³/mol. The molecule has 1 aromatic heterocycles. The van der Waals surface area contributed by atoms with Crippen LogP contribution < -0.4 is 4.74 Å². The highest BCUT2D eigenvalue weighted by molar-refractivity contribution is 7.14. The zero-order valence-corrected chi connectivity index (χ0v) is 12.5. The first-order valence-electron chi connectivity index (χ1n) is 7.17. The van der Waals surface area contributed by atoms with Crippen LogP contribution in [0.2, 0.25) is 0 Å². The summed E-state index contributed by atoms with van der Waals surface area (Å²) in [5, 5.41) is 0. The molecule has 2 nitrogen and oxygen atoms in total. The fourth-order valence-electron chi connectivity index (χ4n) is 2.57. The molecule has 0 saturated carbocycles. The lowest BCUT2D eigenvalue weighted by Gasteiger charge is -2.09. The molecule has 0 atom stereocenters. The van der Waals surface area contributed by atoms with Crippen molar-refractivity contribution in [3.63, 3.8) is 0 Å². The maximum Gasteiger partial charge on any atom is 0.206 e.